The van der Waals surface area contributed by atoms with Crippen molar-refractivity contribution < 1.29 is 0 Å². The Kier molecular flexibility index (Phi) is 3.55. The Labute approximate surface area is 103 Å². The van der Waals surface area contributed by atoms with Crippen molar-refractivity contribution in [3.63, 3.8) is 0 Å². The minimum Gasteiger partial charge on any atom is -0.382 e. The van der Waals surface area contributed by atoms with Crippen molar-refractivity contribution in [1.82, 2.24) is 0 Å². The number of benzene rings is 1. The lowest BCUT2D eigenvalue weighted by molar-refractivity contribution is 0.755. The monoisotopic (exact) mass is 321 g/mol. The third kappa shape index (κ3) is 2.54. The van der Waals surface area contributed by atoms with E-state index in [1.165, 1.54) is 25.7 Å². The summed E-state index contributed by atoms with van der Waals surface area (Å²) in [7, 11) is 0. The van der Waals surface area contributed by atoms with E-state index in [-0.39, 0.29) is 0 Å². The van der Waals surface area contributed by atoms with Crippen LogP contribution < -0.4 is 5.32 Å². The van der Waals surface area contributed by atoms with Gasteiger partial charge in [-0.05, 0) is 53.6 Å². The maximum absolute atomic E-state index is 6.05. The molecule has 0 saturated heterocycles. The molecule has 0 spiro atoms. The predicted octanol–water partition coefficient (Wildman–Crippen LogP) is 4.30. The van der Waals surface area contributed by atoms with E-state index in [4.69, 9.17) is 11.6 Å². The highest BCUT2D eigenvalue weighted by Gasteiger charge is 2.14. The third-order valence-corrected chi connectivity index (χ3v) is 4.22. The number of hydrogen-bond donors (Lipinski definition) is 1. The molecule has 1 N–H and O–H groups in total. The standard InChI is InChI=1S/C11H13ClIN/c12-10-7-9(5-6-11(10)13)14-8-3-1-2-4-8/h5-8,14H,1-4H2. The molecule has 14 heavy (non-hydrogen) atoms. The van der Waals surface area contributed by atoms with Crippen LogP contribution in [-0.2, 0) is 0 Å². The SMILES string of the molecule is Clc1cc(NC2CCCC2)ccc1I. The summed E-state index contributed by atoms with van der Waals surface area (Å²) in [6.07, 6.45) is 5.30. The maximum Gasteiger partial charge on any atom is 0.0559 e. The summed E-state index contributed by atoms with van der Waals surface area (Å²) in [6, 6.07) is 6.83. The molecular weight excluding hydrogens is 308 g/mol. The molecule has 1 aliphatic rings. The summed E-state index contributed by atoms with van der Waals surface area (Å²) in [5, 5.41) is 4.36. The Bertz CT molecular complexity index is 321. The topological polar surface area (TPSA) is 12.0 Å². The summed E-state index contributed by atoms with van der Waals surface area (Å²) in [5.41, 5.74) is 1.15. The van der Waals surface area contributed by atoms with Crippen LogP contribution in [0.25, 0.3) is 0 Å². The van der Waals surface area contributed by atoms with E-state index in [9.17, 15) is 0 Å². The van der Waals surface area contributed by atoms with E-state index in [2.05, 4.69) is 40.0 Å². The minimum absolute atomic E-state index is 0.658. The minimum atomic E-state index is 0.658. The average Bonchev–Trinajstić information content (AvgIpc) is 2.64. The normalized spacial score (nSPS) is 17.3. The summed E-state index contributed by atoms with van der Waals surface area (Å²) in [4.78, 5) is 0. The van der Waals surface area contributed by atoms with Crippen LogP contribution in [0.2, 0.25) is 5.02 Å². The van der Waals surface area contributed by atoms with Crippen LogP contribution in [0, 0.1) is 3.57 Å². The first kappa shape index (κ1) is 10.6. The Morgan fingerprint density at radius 1 is 1.29 bits per heavy atom. The number of rotatable bonds is 2. The molecule has 0 bridgehead atoms. The molecule has 0 atom stereocenters. The maximum atomic E-state index is 6.05. The molecular formula is C11H13ClIN. The van der Waals surface area contributed by atoms with Crippen LogP contribution in [0.1, 0.15) is 25.7 Å². The van der Waals surface area contributed by atoms with Crippen LogP contribution in [0.4, 0.5) is 5.69 Å². The second-order valence-electron chi connectivity index (χ2n) is 3.75. The molecule has 1 aromatic rings. The van der Waals surface area contributed by atoms with Gasteiger partial charge in [0.1, 0.15) is 0 Å². The van der Waals surface area contributed by atoms with Crippen molar-refractivity contribution in [2.45, 2.75) is 31.7 Å². The first-order chi connectivity index (χ1) is 6.75. The van der Waals surface area contributed by atoms with Crippen molar-refractivity contribution >= 4 is 39.9 Å². The van der Waals surface area contributed by atoms with Crippen LogP contribution >= 0.6 is 34.2 Å². The smallest absolute Gasteiger partial charge is 0.0559 e. The van der Waals surface area contributed by atoms with Gasteiger partial charge in [0, 0.05) is 15.3 Å². The zero-order chi connectivity index (χ0) is 9.97. The van der Waals surface area contributed by atoms with Crippen LogP contribution in [0.5, 0.6) is 0 Å². The van der Waals surface area contributed by atoms with Crippen LogP contribution in [-0.4, -0.2) is 6.04 Å². The van der Waals surface area contributed by atoms with Gasteiger partial charge >= 0.3 is 0 Å². The lowest BCUT2D eigenvalue weighted by atomic mass is 10.2. The molecule has 3 heteroatoms. The van der Waals surface area contributed by atoms with Crippen molar-refractivity contribution in [2.24, 2.45) is 0 Å². The van der Waals surface area contributed by atoms with E-state index in [1.54, 1.807) is 0 Å². The molecule has 0 radical (unpaired) electrons. The number of halogens is 2. The average molecular weight is 322 g/mol. The van der Waals surface area contributed by atoms with E-state index in [1.807, 2.05) is 6.07 Å². The lowest BCUT2D eigenvalue weighted by Gasteiger charge is -2.13. The quantitative estimate of drug-likeness (QED) is 0.801. The van der Waals surface area contributed by atoms with E-state index in [0.29, 0.717) is 6.04 Å². The van der Waals surface area contributed by atoms with Crippen molar-refractivity contribution in [3.8, 4) is 0 Å². The predicted molar refractivity (Wildman–Crippen MR) is 70.0 cm³/mol. The Morgan fingerprint density at radius 3 is 2.64 bits per heavy atom. The van der Waals surface area contributed by atoms with Crippen molar-refractivity contribution in [1.29, 1.82) is 0 Å². The highest BCUT2D eigenvalue weighted by atomic mass is 127. The molecule has 1 aliphatic carbocycles. The molecule has 0 aliphatic heterocycles. The molecule has 1 fully saturated rings. The van der Waals surface area contributed by atoms with E-state index < -0.39 is 0 Å². The van der Waals surface area contributed by atoms with Crippen LogP contribution in [0.15, 0.2) is 18.2 Å². The van der Waals surface area contributed by atoms with Gasteiger partial charge in [-0.3, -0.25) is 0 Å². The molecule has 0 aromatic heterocycles. The molecule has 1 nitrogen and oxygen atoms in total. The summed E-state index contributed by atoms with van der Waals surface area (Å²) >= 11 is 8.30. The zero-order valence-electron chi connectivity index (χ0n) is 7.89. The molecule has 1 saturated carbocycles. The molecule has 76 valence electrons. The molecule has 0 amide bonds. The van der Waals surface area contributed by atoms with Gasteiger partial charge in [-0.1, -0.05) is 24.4 Å². The fourth-order valence-corrected chi connectivity index (χ4v) is 2.41. The van der Waals surface area contributed by atoms with Gasteiger partial charge in [-0.25, -0.2) is 0 Å². The Balaban J connectivity index is 2.05. The lowest BCUT2D eigenvalue weighted by Crippen LogP contribution is -2.14. The second-order valence-corrected chi connectivity index (χ2v) is 5.32. The third-order valence-electron chi connectivity index (χ3n) is 2.65. The molecule has 0 unspecified atom stereocenters. The van der Waals surface area contributed by atoms with Gasteiger partial charge in [-0.2, -0.15) is 0 Å². The highest BCUT2D eigenvalue weighted by molar-refractivity contribution is 14.1. The van der Waals surface area contributed by atoms with Gasteiger partial charge in [-0.15, -0.1) is 0 Å². The molecule has 1 aromatic carbocycles. The fourth-order valence-electron chi connectivity index (χ4n) is 1.89. The van der Waals surface area contributed by atoms with E-state index in [0.717, 1.165) is 14.3 Å². The number of anilines is 1. The Hall–Kier alpha value is 0.0400. The van der Waals surface area contributed by atoms with E-state index >= 15 is 0 Å². The van der Waals surface area contributed by atoms with Gasteiger partial charge in [0.15, 0.2) is 0 Å². The summed E-state index contributed by atoms with van der Waals surface area (Å²) in [5.74, 6) is 0. The summed E-state index contributed by atoms with van der Waals surface area (Å²) in [6.45, 7) is 0. The van der Waals surface area contributed by atoms with Crippen molar-refractivity contribution in [2.75, 3.05) is 5.32 Å². The zero-order valence-corrected chi connectivity index (χ0v) is 10.8. The molecule has 2 rings (SSSR count). The molecule has 0 heterocycles. The Morgan fingerprint density at radius 2 is 2.00 bits per heavy atom. The fraction of sp³-hybridized carbons (Fsp3) is 0.455. The van der Waals surface area contributed by atoms with Crippen LogP contribution in [0.3, 0.4) is 0 Å². The first-order valence-corrected chi connectivity index (χ1v) is 6.43. The van der Waals surface area contributed by atoms with Gasteiger partial charge in [0.05, 0.1) is 5.02 Å². The number of hydrogen-bond acceptors (Lipinski definition) is 1. The largest absolute Gasteiger partial charge is 0.382 e. The second kappa shape index (κ2) is 4.71. The van der Waals surface area contributed by atoms with Gasteiger partial charge in [0.2, 0.25) is 0 Å². The van der Waals surface area contributed by atoms with Gasteiger partial charge < -0.3 is 5.32 Å². The number of nitrogens with one attached hydrogen (secondary N) is 1. The first-order valence-electron chi connectivity index (χ1n) is 4.97. The highest BCUT2D eigenvalue weighted by Crippen LogP contribution is 2.26. The van der Waals surface area contributed by atoms with Crippen molar-refractivity contribution in [3.05, 3.63) is 26.8 Å². The van der Waals surface area contributed by atoms with Gasteiger partial charge in [0.25, 0.3) is 0 Å². The summed E-state index contributed by atoms with van der Waals surface area (Å²) < 4.78 is 1.11.